The molecule has 0 saturated heterocycles. The Labute approximate surface area is 249 Å². The zero-order valence-electron chi connectivity index (χ0n) is 24.6. The number of aryl methyl sites for hydroxylation is 1. The van der Waals surface area contributed by atoms with Crippen LogP contribution in [-0.2, 0) is 25.5 Å². The molecule has 0 amide bonds. The maximum Gasteiger partial charge on any atom is 0.349 e. The van der Waals surface area contributed by atoms with Gasteiger partial charge in [-0.1, -0.05) is 66.7 Å². The van der Waals surface area contributed by atoms with E-state index < -0.39 is 12.1 Å². The number of para-hydroxylation sites is 1. The fourth-order valence-corrected chi connectivity index (χ4v) is 4.87. The van der Waals surface area contributed by atoms with E-state index in [0.29, 0.717) is 44.9 Å². The van der Waals surface area contributed by atoms with Gasteiger partial charge in [0.15, 0.2) is 5.75 Å². The van der Waals surface area contributed by atoms with E-state index >= 15 is 0 Å². The zero-order valence-corrected chi connectivity index (χ0v) is 24.6. The molecule has 4 rings (SSSR count). The van der Waals surface area contributed by atoms with E-state index in [1.54, 1.807) is 13.8 Å². The summed E-state index contributed by atoms with van der Waals surface area (Å²) in [6.07, 6.45) is 7.33. The Morgan fingerprint density at radius 2 is 1.67 bits per heavy atom. The fourth-order valence-electron chi connectivity index (χ4n) is 4.87. The molecule has 0 radical (unpaired) electrons. The smallest absolute Gasteiger partial charge is 0.349 e. The van der Waals surface area contributed by atoms with E-state index in [1.807, 2.05) is 60.7 Å². The summed E-state index contributed by atoms with van der Waals surface area (Å²) < 4.78 is 22.5. The molecule has 0 fully saturated rings. The van der Waals surface area contributed by atoms with E-state index in [1.165, 1.54) is 5.56 Å². The van der Waals surface area contributed by atoms with Crippen LogP contribution >= 0.6 is 0 Å². The second kappa shape index (κ2) is 16.2. The molecule has 0 spiro atoms. The highest BCUT2D eigenvalue weighted by molar-refractivity contribution is 5.82. The third-order valence-corrected chi connectivity index (χ3v) is 6.98. The first-order valence-corrected chi connectivity index (χ1v) is 14.9. The summed E-state index contributed by atoms with van der Waals surface area (Å²) in [4.78, 5) is 26.6. The zero-order chi connectivity index (χ0) is 29.6. The molecule has 7 nitrogen and oxygen atoms in total. The van der Waals surface area contributed by atoms with Crippen molar-refractivity contribution in [2.45, 2.75) is 52.1 Å². The van der Waals surface area contributed by atoms with E-state index in [2.05, 4.69) is 29.2 Å². The standard InChI is InChI=1S/C35H41NO6/c1-3-39-33(37)17-11-24-36-26-32(35(38)40-4-2)42-34-29(15-10-16-31(34)36)21-18-28-19-22-30(23-20-28)41-25-9-8-14-27-12-6-5-7-13-27/h5-7,10,12-13,15-16,18-23,32H,3-4,8-9,11,14,17,24-26H2,1-2H3/b21-18+. The molecule has 0 bridgehead atoms. The minimum Gasteiger partial charge on any atom is -0.494 e. The lowest BCUT2D eigenvalue weighted by Crippen LogP contribution is -2.45. The molecular formula is C35H41NO6. The van der Waals surface area contributed by atoms with Crippen LogP contribution in [0.3, 0.4) is 0 Å². The fraction of sp³-hybridized carbons (Fsp3) is 0.371. The summed E-state index contributed by atoms with van der Waals surface area (Å²) in [5, 5.41) is 0. The maximum atomic E-state index is 12.6. The van der Waals surface area contributed by atoms with Gasteiger partial charge in [0, 0.05) is 18.5 Å². The molecule has 1 unspecified atom stereocenters. The Kier molecular flexibility index (Phi) is 11.9. The summed E-state index contributed by atoms with van der Waals surface area (Å²) >= 11 is 0. The molecule has 1 atom stereocenters. The van der Waals surface area contributed by atoms with Crippen LogP contribution in [0.2, 0.25) is 0 Å². The molecule has 0 N–H and O–H groups in total. The maximum absolute atomic E-state index is 12.6. The Morgan fingerprint density at radius 3 is 2.43 bits per heavy atom. The van der Waals surface area contributed by atoms with Gasteiger partial charge in [0.2, 0.25) is 6.10 Å². The highest BCUT2D eigenvalue weighted by atomic mass is 16.6. The molecule has 0 aromatic heterocycles. The molecule has 1 heterocycles. The first-order chi connectivity index (χ1) is 20.6. The summed E-state index contributed by atoms with van der Waals surface area (Å²) in [5.41, 5.74) is 4.12. The SMILES string of the molecule is CCOC(=O)CCCN1CC(C(=O)OCC)Oc2c(/C=C/c3ccc(OCCCCc4ccccc4)cc3)cccc21. The second-order valence-electron chi connectivity index (χ2n) is 10.1. The number of nitrogens with zero attached hydrogens (tertiary/aromatic N) is 1. The van der Waals surface area contributed by atoms with Crippen LogP contribution < -0.4 is 14.4 Å². The topological polar surface area (TPSA) is 74.3 Å². The normalized spacial score (nSPS) is 14.2. The van der Waals surface area contributed by atoms with Crippen molar-refractivity contribution in [3.8, 4) is 11.5 Å². The van der Waals surface area contributed by atoms with Crippen molar-refractivity contribution in [2.75, 3.05) is 37.8 Å². The highest BCUT2D eigenvalue weighted by Gasteiger charge is 2.32. The lowest BCUT2D eigenvalue weighted by molar-refractivity contribution is -0.151. The molecule has 0 saturated carbocycles. The van der Waals surface area contributed by atoms with Gasteiger partial charge in [-0.3, -0.25) is 4.79 Å². The number of carbonyl (C=O) groups excluding carboxylic acids is 2. The van der Waals surface area contributed by atoms with Crippen molar-refractivity contribution < 1.29 is 28.5 Å². The second-order valence-corrected chi connectivity index (χ2v) is 10.1. The lowest BCUT2D eigenvalue weighted by atomic mass is 10.1. The summed E-state index contributed by atoms with van der Waals surface area (Å²) in [6, 6.07) is 24.4. The number of rotatable bonds is 15. The van der Waals surface area contributed by atoms with Crippen LogP contribution in [0.1, 0.15) is 56.2 Å². The number of anilines is 1. The van der Waals surface area contributed by atoms with Gasteiger partial charge in [-0.15, -0.1) is 0 Å². The number of benzene rings is 3. The average Bonchev–Trinajstić information content (AvgIpc) is 3.01. The number of ether oxygens (including phenoxy) is 4. The molecule has 3 aromatic rings. The first kappa shape index (κ1) is 30.7. The molecule has 0 aliphatic carbocycles. The largest absolute Gasteiger partial charge is 0.494 e. The summed E-state index contributed by atoms with van der Waals surface area (Å²) in [5.74, 6) is 0.865. The molecule has 7 heteroatoms. The van der Waals surface area contributed by atoms with E-state index in [4.69, 9.17) is 18.9 Å². The third kappa shape index (κ3) is 9.13. The quantitative estimate of drug-likeness (QED) is 0.114. The van der Waals surface area contributed by atoms with Gasteiger partial charge in [-0.05, 0) is 68.9 Å². The number of carbonyl (C=O) groups is 2. The van der Waals surface area contributed by atoms with Gasteiger partial charge in [-0.2, -0.15) is 0 Å². The van der Waals surface area contributed by atoms with Crippen molar-refractivity contribution >= 4 is 29.8 Å². The van der Waals surface area contributed by atoms with Crippen LogP contribution in [0.15, 0.2) is 72.8 Å². The Hall–Kier alpha value is -4.26. The summed E-state index contributed by atoms with van der Waals surface area (Å²) in [7, 11) is 0. The van der Waals surface area contributed by atoms with Crippen molar-refractivity contribution in [1.29, 1.82) is 0 Å². The van der Waals surface area contributed by atoms with Crippen LogP contribution in [0.25, 0.3) is 12.2 Å². The third-order valence-electron chi connectivity index (χ3n) is 6.98. The van der Waals surface area contributed by atoms with Gasteiger partial charge >= 0.3 is 11.9 Å². The van der Waals surface area contributed by atoms with Crippen molar-refractivity contribution in [2.24, 2.45) is 0 Å². The first-order valence-electron chi connectivity index (χ1n) is 14.9. The minimum atomic E-state index is -0.751. The minimum absolute atomic E-state index is 0.218. The van der Waals surface area contributed by atoms with Gasteiger partial charge in [-0.25, -0.2) is 4.79 Å². The predicted octanol–water partition coefficient (Wildman–Crippen LogP) is 6.73. The van der Waals surface area contributed by atoms with Crippen LogP contribution in [0.5, 0.6) is 11.5 Å². The van der Waals surface area contributed by atoms with Crippen molar-refractivity contribution in [1.82, 2.24) is 0 Å². The van der Waals surface area contributed by atoms with E-state index in [0.717, 1.165) is 41.8 Å². The molecular weight excluding hydrogens is 530 g/mol. The molecule has 1 aliphatic heterocycles. The summed E-state index contributed by atoms with van der Waals surface area (Å²) in [6.45, 7) is 5.86. The highest BCUT2D eigenvalue weighted by Crippen LogP contribution is 2.38. The Balaban J connectivity index is 1.37. The lowest BCUT2D eigenvalue weighted by Gasteiger charge is -2.36. The van der Waals surface area contributed by atoms with Gasteiger partial charge < -0.3 is 23.8 Å². The van der Waals surface area contributed by atoms with Crippen molar-refractivity contribution in [3.05, 3.63) is 89.5 Å². The Morgan fingerprint density at radius 1 is 0.881 bits per heavy atom. The van der Waals surface area contributed by atoms with Gasteiger partial charge in [0.25, 0.3) is 0 Å². The average molecular weight is 572 g/mol. The van der Waals surface area contributed by atoms with Crippen LogP contribution in [-0.4, -0.2) is 51.0 Å². The molecule has 1 aliphatic rings. The van der Waals surface area contributed by atoms with Crippen LogP contribution in [0, 0.1) is 0 Å². The molecule has 222 valence electrons. The predicted molar refractivity (Wildman–Crippen MR) is 166 cm³/mol. The number of hydrogen-bond acceptors (Lipinski definition) is 7. The van der Waals surface area contributed by atoms with Crippen LogP contribution in [0.4, 0.5) is 5.69 Å². The van der Waals surface area contributed by atoms with E-state index in [-0.39, 0.29) is 12.6 Å². The molecule has 42 heavy (non-hydrogen) atoms. The van der Waals surface area contributed by atoms with E-state index in [9.17, 15) is 9.59 Å². The number of hydrogen-bond donors (Lipinski definition) is 0. The number of esters is 2. The number of unbranched alkanes of at least 4 members (excludes halogenated alkanes) is 1. The van der Waals surface area contributed by atoms with Crippen molar-refractivity contribution in [3.63, 3.8) is 0 Å². The van der Waals surface area contributed by atoms with Gasteiger partial charge in [0.05, 0.1) is 32.1 Å². The van der Waals surface area contributed by atoms with Gasteiger partial charge in [0.1, 0.15) is 5.75 Å². The monoisotopic (exact) mass is 571 g/mol. The number of fused-ring (bicyclic) bond motifs is 1. The Bertz CT molecular complexity index is 1300. The molecule has 3 aromatic carbocycles.